The number of rotatable bonds is 3. The molecule has 1 nitrogen and oxygen atoms in total. The molecule has 0 bridgehead atoms. The predicted octanol–water partition coefficient (Wildman–Crippen LogP) is 12.6. The van der Waals surface area contributed by atoms with Crippen LogP contribution in [0.4, 0.5) is 0 Å². The minimum Gasteiger partial charge on any atom is -0.456 e. The highest BCUT2D eigenvalue weighted by atomic mass is 16.3. The Morgan fingerprint density at radius 2 is 0.933 bits per heavy atom. The molecule has 0 aliphatic rings. The SMILES string of the molecule is c1ccc(-c2c3ccccc3c(-c3cc4cc(-c5ccc6ccccc6c5)cc5oc6cccc3c6c45)c3ccccc23)cc1. The van der Waals surface area contributed by atoms with Crippen LogP contribution in [-0.2, 0) is 0 Å². The average Bonchev–Trinajstić information content (AvgIpc) is 3.49. The summed E-state index contributed by atoms with van der Waals surface area (Å²) < 4.78 is 6.61. The van der Waals surface area contributed by atoms with Crippen molar-refractivity contribution < 1.29 is 4.42 Å². The van der Waals surface area contributed by atoms with Crippen LogP contribution in [-0.4, -0.2) is 0 Å². The first-order valence-electron chi connectivity index (χ1n) is 15.5. The van der Waals surface area contributed by atoms with Crippen LogP contribution in [0.5, 0.6) is 0 Å². The van der Waals surface area contributed by atoms with E-state index in [1.54, 1.807) is 0 Å². The molecule has 0 saturated heterocycles. The van der Waals surface area contributed by atoms with E-state index in [2.05, 4.69) is 158 Å². The fraction of sp³-hybridized carbons (Fsp3) is 0. The van der Waals surface area contributed by atoms with Crippen LogP contribution in [0, 0.1) is 0 Å². The molecule has 208 valence electrons. The molecule has 0 unspecified atom stereocenters. The van der Waals surface area contributed by atoms with Crippen molar-refractivity contribution in [1.82, 2.24) is 0 Å². The highest BCUT2D eigenvalue weighted by Crippen LogP contribution is 2.49. The first-order valence-corrected chi connectivity index (χ1v) is 15.5. The average molecular weight is 571 g/mol. The minimum absolute atomic E-state index is 0.930. The zero-order chi connectivity index (χ0) is 29.5. The molecule has 0 atom stereocenters. The summed E-state index contributed by atoms with van der Waals surface area (Å²) >= 11 is 0. The molecule has 10 aromatic rings. The largest absolute Gasteiger partial charge is 0.456 e. The van der Waals surface area contributed by atoms with Crippen LogP contribution >= 0.6 is 0 Å². The van der Waals surface area contributed by atoms with Gasteiger partial charge in [-0.2, -0.15) is 0 Å². The van der Waals surface area contributed by atoms with Gasteiger partial charge in [-0.3, -0.25) is 0 Å². The van der Waals surface area contributed by atoms with Gasteiger partial charge in [-0.15, -0.1) is 0 Å². The molecule has 45 heavy (non-hydrogen) atoms. The maximum absolute atomic E-state index is 6.61. The summed E-state index contributed by atoms with van der Waals surface area (Å²) in [6.07, 6.45) is 0. The Hall–Kier alpha value is -5.92. The summed E-state index contributed by atoms with van der Waals surface area (Å²) in [5, 5.41) is 12.3. The molecule has 0 spiro atoms. The van der Waals surface area contributed by atoms with Crippen LogP contribution in [0.3, 0.4) is 0 Å². The predicted molar refractivity (Wildman–Crippen MR) is 191 cm³/mol. The molecule has 1 heteroatoms. The van der Waals surface area contributed by atoms with Crippen molar-refractivity contribution in [3.63, 3.8) is 0 Å². The van der Waals surface area contributed by atoms with E-state index in [9.17, 15) is 0 Å². The second-order valence-corrected chi connectivity index (χ2v) is 12.0. The van der Waals surface area contributed by atoms with E-state index in [1.165, 1.54) is 81.7 Å². The number of benzene rings is 9. The molecule has 1 aromatic heterocycles. The highest BCUT2D eigenvalue weighted by molar-refractivity contribution is 6.30. The molecule has 0 saturated carbocycles. The molecule has 10 rings (SSSR count). The van der Waals surface area contributed by atoms with Gasteiger partial charge in [0.25, 0.3) is 0 Å². The van der Waals surface area contributed by atoms with Gasteiger partial charge in [0.2, 0.25) is 0 Å². The standard InChI is InChI=1S/C44H26O/c1-2-12-28(13-3-1)41-33-15-6-8-17-35(33)43(36-18-9-7-16-34(36)41)38-25-32-24-31(30-22-21-27-11-4-5-14-29(27)23-30)26-40-42(32)44-37(38)19-10-20-39(44)45-40/h1-26H. The molecular weight excluding hydrogens is 544 g/mol. The summed E-state index contributed by atoms with van der Waals surface area (Å²) in [6, 6.07) is 57.3. The van der Waals surface area contributed by atoms with Gasteiger partial charge in [-0.05, 0) is 107 Å². The van der Waals surface area contributed by atoms with Crippen molar-refractivity contribution in [3.8, 4) is 33.4 Å². The molecule has 0 N–H and O–H groups in total. The highest BCUT2D eigenvalue weighted by Gasteiger charge is 2.22. The van der Waals surface area contributed by atoms with Crippen LogP contribution in [0.25, 0.3) is 98.4 Å². The summed E-state index contributed by atoms with van der Waals surface area (Å²) in [6.45, 7) is 0. The van der Waals surface area contributed by atoms with Crippen LogP contribution in [0.1, 0.15) is 0 Å². The zero-order valence-electron chi connectivity index (χ0n) is 24.4. The lowest BCUT2D eigenvalue weighted by Gasteiger charge is -2.19. The van der Waals surface area contributed by atoms with Crippen molar-refractivity contribution in [2.24, 2.45) is 0 Å². The maximum atomic E-state index is 6.61. The Bertz CT molecular complexity index is 2690. The second kappa shape index (κ2) is 9.29. The summed E-state index contributed by atoms with van der Waals surface area (Å²) in [4.78, 5) is 0. The third kappa shape index (κ3) is 3.56. The molecule has 1 heterocycles. The Kier molecular flexibility index (Phi) is 5.06. The van der Waals surface area contributed by atoms with E-state index >= 15 is 0 Å². The Morgan fingerprint density at radius 1 is 0.311 bits per heavy atom. The van der Waals surface area contributed by atoms with E-state index in [1.807, 2.05) is 0 Å². The van der Waals surface area contributed by atoms with E-state index in [0.29, 0.717) is 0 Å². The number of fused-ring (bicyclic) bond motifs is 3. The summed E-state index contributed by atoms with van der Waals surface area (Å²) in [5.74, 6) is 0. The minimum atomic E-state index is 0.930. The zero-order valence-corrected chi connectivity index (χ0v) is 24.4. The molecule has 0 aliphatic carbocycles. The Labute approximate surface area is 259 Å². The van der Waals surface area contributed by atoms with Crippen LogP contribution in [0.15, 0.2) is 162 Å². The normalized spacial score (nSPS) is 12.0. The molecule has 0 amide bonds. The van der Waals surface area contributed by atoms with Crippen LogP contribution < -0.4 is 0 Å². The number of hydrogen-bond donors (Lipinski definition) is 0. The quantitative estimate of drug-likeness (QED) is 0.152. The van der Waals surface area contributed by atoms with Gasteiger partial charge >= 0.3 is 0 Å². The topological polar surface area (TPSA) is 13.1 Å². The number of hydrogen-bond acceptors (Lipinski definition) is 1. The van der Waals surface area contributed by atoms with Crippen molar-refractivity contribution in [3.05, 3.63) is 158 Å². The lowest BCUT2D eigenvalue weighted by molar-refractivity contribution is 0.669. The summed E-state index contributed by atoms with van der Waals surface area (Å²) in [5.41, 5.74) is 9.24. The van der Waals surface area contributed by atoms with Gasteiger partial charge in [0.15, 0.2) is 0 Å². The summed E-state index contributed by atoms with van der Waals surface area (Å²) in [7, 11) is 0. The fourth-order valence-corrected chi connectivity index (χ4v) is 7.63. The van der Waals surface area contributed by atoms with Crippen LogP contribution in [0.2, 0.25) is 0 Å². The van der Waals surface area contributed by atoms with E-state index < -0.39 is 0 Å². The second-order valence-electron chi connectivity index (χ2n) is 12.0. The van der Waals surface area contributed by atoms with E-state index in [-0.39, 0.29) is 0 Å². The van der Waals surface area contributed by atoms with Crippen molar-refractivity contribution in [2.45, 2.75) is 0 Å². The van der Waals surface area contributed by atoms with Crippen molar-refractivity contribution >= 4 is 65.0 Å². The first-order chi connectivity index (χ1) is 22.3. The monoisotopic (exact) mass is 570 g/mol. The molecular formula is C44H26O. The Morgan fingerprint density at radius 3 is 1.69 bits per heavy atom. The van der Waals surface area contributed by atoms with Crippen molar-refractivity contribution in [1.29, 1.82) is 0 Å². The van der Waals surface area contributed by atoms with Gasteiger partial charge in [0.05, 0.1) is 0 Å². The first kappa shape index (κ1) is 24.5. The van der Waals surface area contributed by atoms with Crippen molar-refractivity contribution in [2.75, 3.05) is 0 Å². The van der Waals surface area contributed by atoms with Gasteiger partial charge < -0.3 is 4.42 Å². The third-order valence-electron chi connectivity index (χ3n) is 9.56. The Balaban J connectivity index is 1.33. The lowest BCUT2D eigenvalue weighted by atomic mass is 9.83. The van der Waals surface area contributed by atoms with Gasteiger partial charge in [-0.25, -0.2) is 0 Å². The lowest BCUT2D eigenvalue weighted by Crippen LogP contribution is -1.92. The van der Waals surface area contributed by atoms with E-state index in [4.69, 9.17) is 4.42 Å². The van der Waals surface area contributed by atoms with Gasteiger partial charge in [0.1, 0.15) is 11.2 Å². The molecule has 0 aliphatic heterocycles. The van der Waals surface area contributed by atoms with E-state index in [0.717, 1.165) is 16.7 Å². The molecule has 9 aromatic carbocycles. The number of furan rings is 1. The smallest absolute Gasteiger partial charge is 0.136 e. The van der Waals surface area contributed by atoms with Gasteiger partial charge in [-0.1, -0.05) is 127 Å². The van der Waals surface area contributed by atoms with Gasteiger partial charge in [0, 0.05) is 10.8 Å². The molecule has 0 radical (unpaired) electrons. The fourth-order valence-electron chi connectivity index (χ4n) is 7.63. The maximum Gasteiger partial charge on any atom is 0.136 e. The third-order valence-corrected chi connectivity index (χ3v) is 9.56. The molecule has 0 fully saturated rings.